The number of carbonyl (C=O) groups excluding carboxylic acids is 2. The summed E-state index contributed by atoms with van der Waals surface area (Å²) in [7, 11) is 0. The van der Waals surface area contributed by atoms with Crippen molar-refractivity contribution >= 4 is 23.6 Å². The second-order valence-electron chi connectivity index (χ2n) is 8.51. The van der Waals surface area contributed by atoms with E-state index in [0.717, 1.165) is 5.56 Å². The van der Waals surface area contributed by atoms with E-state index in [4.69, 9.17) is 16.2 Å². The highest BCUT2D eigenvalue weighted by Gasteiger charge is 2.34. The van der Waals surface area contributed by atoms with Gasteiger partial charge in [-0.05, 0) is 43.4 Å². The molecule has 1 heterocycles. The van der Waals surface area contributed by atoms with E-state index < -0.39 is 17.9 Å². The number of amidine groups is 1. The summed E-state index contributed by atoms with van der Waals surface area (Å²) in [4.78, 5) is 39.1. The summed E-state index contributed by atoms with van der Waals surface area (Å²) in [5.74, 6) is -1.76. The fourth-order valence-electron chi connectivity index (χ4n) is 4.28. The quantitative estimate of drug-likeness (QED) is 0.362. The van der Waals surface area contributed by atoms with Gasteiger partial charge in [0.15, 0.2) is 0 Å². The van der Waals surface area contributed by atoms with E-state index in [-0.39, 0.29) is 30.0 Å². The Bertz CT molecular complexity index is 999. The van der Waals surface area contributed by atoms with Crippen molar-refractivity contribution in [2.75, 3.05) is 13.1 Å². The summed E-state index contributed by atoms with van der Waals surface area (Å²) in [5, 5.41) is 19.5. The van der Waals surface area contributed by atoms with Crippen LogP contribution in [-0.4, -0.2) is 52.8 Å². The third-order valence-electron chi connectivity index (χ3n) is 6.13. The maximum atomic E-state index is 13.5. The molecule has 1 unspecified atom stereocenters. The first-order valence-electron chi connectivity index (χ1n) is 11.1. The largest absolute Gasteiger partial charge is 0.481 e. The zero-order valence-electron chi connectivity index (χ0n) is 18.7. The molecule has 8 heteroatoms. The molecule has 0 spiro atoms. The average Bonchev–Trinajstić information content (AvgIpc) is 2.80. The summed E-state index contributed by atoms with van der Waals surface area (Å²) >= 11 is 0. The molecule has 174 valence electrons. The predicted octanol–water partition coefficient (Wildman–Crippen LogP) is 2.59. The molecule has 1 aliphatic rings. The smallest absolute Gasteiger partial charge is 0.303 e. The average molecular weight is 451 g/mol. The molecule has 0 saturated carbocycles. The van der Waals surface area contributed by atoms with Crippen LogP contribution in [0.25, 0.3) is 0 Å². The lowest BCUT2D eigenvalue weighted by atomic mass is 9.88. The van der Waals surface area contributed by atoms with Gasteiger partial charge in [0.1, 0.15) is 5.84 Å². The predicted molar refractivity (Wildman–Crippen MR) is 125 cm³/mol. The zero-order valence-corrected chi connectivity index (χ0v) is 18.7. The van der Waals surface area contributed by atoms with E-state index in [0.29, 0.717) is 37.1 Å². The third kappa shape index (κ3) is 6.19. The van der Waals surface area contributed by atoms with Crippen molar-refractivity contribution in [3.8, 4) is 0 Å². The Kier molecular flexibility index (Phi) is 7.82. The Morgan fingerprint density at radius 2 is 1.64 bits per heavy atom. The van der Waals surface area contributed by atoms with E-state index in [1.807, 2.05) is 37.3 Å². The van der Waals surface area contributed by atoms with Crippen molar-refractivity contribution < 1.29 is 19.5 Å². The van der Waals surface area contributed by atoms with Crippen LogP contribution in [-0.2, 0) is 9.59 Å². The highest BCUT2D eigenvalue weighted by atomic mass is 16.4. The Morgan fingerprint density at radius 3 is 2.18 bits per heavy atom. The Hall–Kier alpha value is -3.68. The number of hydrogen-bond acceptors (Lipinski definition) is 4. The van der Waals surface area contributed by atoms with Crippen LogP contribution in [0.15, 0.2) is 54.6 Å². The Morgan fingerprint density at radius 1 is 1.06 bits per heavy atom. The van der Waals surface area contributed by atoms with Gasteiger partial charge in [0.2, 0.25) is 5.91 Å². The van der Waals surface area contributed by atoms with Crippen molar-refractivity contribution in [1.82, 2.24) is 10.2 Å². The number of nitrogens with zero attached hydrogens (tertiary/aromatic N) is 1. The van der Waals surface area contributed by atoms with Gasteiger partial charge in [-0.15, -0.1) is 0 Å². The van der Waals surface area contributed by atoms with Crippen molar-refractivity contribution in [2.45, 2.75) is 38.1 Å². The van der Waals surface area contributed by atoms with Gasteiger partial charge in [-0.3, -0.25) is 19.8 Å². The van der Waals surface area contributed by atoms with Crippen molar-refractivity contribution in [3.63, 3.8) is 0 Å². The van der Waals surface area contributed by atoms with Gasteiger partial charge in [-0.1, -0.05) is 42.5 Å². The first kappa shape index (κ1) is 24.0. The van der Waals surface area contributed by atoms with Gasteiger partial charge in [-0.25, -0.2) is 0 Å². The van der Waals surface area contributed by atoms with E-state index in [1.54, 1.807) is 29.2 Å². The van der Waals surface area contributed by atoms with Crippen molar-refractivity contribution in [3.05, 3.63) is 71.3 Å². The fraction of sp³-hybridized carbons (Fsp3) is 0.360. The van der Waals surface area contributed by atoms with Crippen LogP contribution < -0.4 is 11.1 Å². The standard InChI is InChI=1S/C25H30N4O4/c1-16(28-24(32)20-9-7-19(8-10-20)23(26)27)22(18-5-3-2-4-6-18)25(33)29-13-11-17(12-14-29)15-21(30)31/h2-10,16-17,22H,11-15H2,1H3,(H3,26,27)(H,28,32)(H,30,31)/t16-,22?/m1/s1. The minimum Gasteiger partial charge on any atom is -0.481 e. The molecule has 1 saturated heterocycles. The zero-order chi connectivity index (χ0) is 24.0. The number of nitrogens with one attached hydrogen (secondary N) is 2. The molecule has 1 aliphatic heterocycles. The maximum Gasteiger partial charge on any atom is 0.303 e. The molecule has 2 aromatic rings. The highest BCUT2D eigenvalue weighted by molar-refractivity contribution is 5.98. The minimum atomic E-state index is -0.811. The van der Waals surface area contributed by atoms with Crippen LogP contribution >= 0.6 is 0 Å². The van der Waals surface area contributed by atoms with Crippen LogP contribution in [0.1, 0.15) is 53.6 Å². The van der Waals surface area contributed by atoms with Crippen LogP contribution in [0, 0.1) is 11.3 Å². The summed E-state index contributed by atoms with van der Waals surface area (Å²) < 4.78 is 0. The molecule has 0 bridgehead atoms. The summed E-state index contributed by atoms with van der Waals surface area (Å²) in [6, 6.07) is 15.3. The molecule has 8 nitrogen and oxygen atoms in total. The lowest BCUT2D eigenvalue weighted by molar-refractivity contribution is -0.139. The second-order valence-corrected chi connectivity index (χ2v) is 8.51. The van der Waals surface area contributed by atoms with Crippen molar-refractivity contribution in [1.29, 1.82) is 5.41 Å². The minimum absolute atomic E-state index is 0.0720. The topological polar surface area (TPSA) is 137 Å². The second kappa shape index (κ2) is 10.8. The number of amides is 2. The van der Waals surface area contributed by atoms with E-state index in [9.17, 15) is 14.4 Å². The van der Waals surface area contributed by atoms with Gasteiger partial charge in [0.05, 0.1) is 5.92 Å². The number of hydrogen-bond donors (Lipinski definition) is 4. The summed E-state index contributed by atoms with van der Waals surface area (Å²) in [6.45, 7) is 2.83. The summed E-state index contributed by atoms with van der Waals surface area (Å²) in [5.41, 5.74) is 7.24. The number of carbonyl (C=O) groups is 3. The molecule has 1 fully saturated rings. The van der Waals surface area contributed by atoms with E-state index in [1.165, 1.54) is 0 Å². The van der Waals surface area contributed by atoms with Crippen molar-refractivity contribution in [2.24, 2.45) is 11.7 Å². The Balaban J connectivity index is 1.74. The number of carboxylic acid groups (broad SMARTS) is 1. The van der Waals surface area contributed by atoms with E-state index >= 15 is 0 Å². The van der Waals surface area contributed by atoms with Gasteiger partial charge in [0.25, 0.3) is 5.91 Å². The number of piperidine rings is 1. The summed E-state index contributed by atoms with van der Waals surface area (Å²) in [6.07, 6.45) is 1.44. The lowest BCUT2D eigenvalue weighted by Crippen LogP contribution is -2.47. The molecular weight excluding hydrogens is 420 g/mol. The first-order chi connectivity index (χ1) is 15.8. The number of carboxylic acids is 1. The fourth-order valence-corrected chi connectivity index (χ4v) is 4.28. The molecule has 2 aromatic carbocycles. The molecule has 2 atom stereocenters. The van der Waals surface area contributed by atoms with E-state index in [2.05, 4.69) is 5.32 Å². The molecular formula is C25H30N4O4. The number of likely N-dealkylation sites (tertiary alicyclic amines) is 1. The maximum absolute atomic E-state index is 13.5. The Labute approximate surface area is 193 Å². The lowest BCUT2D eigenvalue weighted by Gasteiger charge is -2.35. The van der Waals surface area contributed by atoms with Crippen LogP contribution in [0.5, 0.6) is 0 Å². The monoisotopic (exact) mass is 450 g/mol. The normalized spacial score (nSPS) is 16.0. The number of rotatable bonds is 8. The molecule has 0 aromatic heterocycles. The molecule has 33 heavy (non-hydrogen) atoms. The highest BCUT2D eigenvalue weighted by Crippen LogP contribution is 2.27. The molecule has 5 N–H and O–H groups in total. The third-order valence-corrected chi connectivity index (χ3v) is 6.13. The van der Waals surface area contributed by atoms with Gasteiger partial charge in [-0.2, -0.15) is 0 Å². The SMILES string of the molecule is C[C@@H](NC(=O)c1ccc(C(=N)N)cc1)C(C(=O)N1CCC(CC(=O)O)CC1)c1ccccc1. The number of nitrogens with two attached hydrogens (primary N) is 1. The molecule has 0 aliphatic carbocycles. The van der Waals surface area contributed by atoms with Crippen LogP contribution in [0.4, 0.5) is 0 Å². The number of benzene rings is 2. The number of aliphatic carboxylic acids is 1. The van der Waals surface area contributed by atoms with Crippen LogP contribution in [0.3, 0.4) is 0 Å². The molecule has 2 amide bonds. The number of nitrogen functional groups attached to an aromatic ring is 1. The van der Waals surface area contributed by atoms with Gasteiger partial charge in [0, 0.05) is 36.7 Å². The molecule has 0 radical (unpaired) electrons. The van der Waals surface area contributed by atoms with Gasteiger partial charge >= 0.3 is 5.97 Å². The molecule has 3 rings (SSSR count). The van der Waals surface area contributed by atoms with Gasteiger partial charge < -0.3 is 21.1 Å². The first-order valence-corrected chi connectivity index (χ1v) is 11.1. The van der Waals surface area contributed by atoms with Crippen LogP contribution in [0.2, 0.25) is 0 Å².